The fourth-order valence-corrected chi connectivity index (χ4v) is 3.79. The minimum atomic E-state index is -0.581. The number of rotatable bonds is 9. The first-order valence-electron chi connectivity index (χ1n) is 11.4. The molecule has 1 heterocycles. The Morgan fingerprint density at radius 2 is 1.61 bits per heavy atom. The zero-order valence-corrected chi connectivity index (χ0v) is 20.0. The van der Waals surface area contributed by atoms with E-state index in [-0.39, 0.29) is 18.2 Å². The molecule has 0 bridgehead atoms. The second-order valence-electron chi connectivity index (χ2n) is 7.98. The molecular weight excluding hydrogens is 460 g/mol. The van der Waals surface area contributed by atoms with Gasteiger partial charge in [-0.1, -0.05) is 25.1 Å². The monoisotopic (exact) mass is 486 g/mol. The molecule has 0 spiro atoms. The smallest absolute Gasteiger partial charge is 0.349 e. The Labute approximate surface area is 209 Å². The van der Waals surface area contributed by atoms with E-state index < -0.39 is 11.9 Å². The SMILES string of the molecule is CCCOc1ccc(C2C(C#N)=C(N)Oc3cc(OC(=O)COc4ccc(OC)cc4)ccc32)cc1. The number of fused-ring (bicyclic) bond motifs is 1. The van der Waals surface area contributed by atoms with Crippen LogP contribution in [0.3, 0.4) is 0 Å². The number of allylic oxidation sites excluding steroid dienone is 1. The van der Waals surface area contributed by atoms with Crippen molar-refractivity contribution in [2.24, 2.45) is 5.73 Å². The summed E-state index contributed by atoms with van der Waals surface area (Å²) in [6.45, 7) is 2.39. The van der Waals surface area contributed by atoms with Crippen LogP contribution in [0.15, 0.2) is 78.2 Å². The standard InChI is InChI=1S/C28H26N2O6/c1-3-14-33-20-6-4-18(5-7-20)27-23-13-12-22(15-25(23)36-28(30)24(27)16-29)35-26(31)17-34-21-10-8-19(32-2)9-11-21/h4-13,15,27H,3,14,17,30H2,1-2H3. The van der Waals surface area contributed by atoms with E-state index in [4.69, 9.17) is 29.4 Å². The molecule has 8 heteroatoms. The van der Waals surface area contributed by atoms with Crippen LogP contribution in [0, 0.1) is 11.3 Å². The molecule has 184 valence electrons. The van der Waals surface area contributed by atoms with E-state index in [1.165, 1.54) is 0 Å². The average molecular weight is 487 g/mol. The van der Waals surface area contributed by atoms with Gasteiger partial charge in [0.05, 0.1) is 19.6 Å². The van der Waals surface area contributed by atoms with Crippen molar-refractivity contribution in [3.05, 3.63) is 89.3 Å². The number of carbonyl (C=O) groups is 1. The Kier molecular flexibility index (Phi) is 7.61. The van der Waals surface area contributed by atoms with Crippen molar-refractivity contribution >= 4 is 5.97 Å². The summed E-state index contributed by atoms with van der Waals surface area (Å²) in [4.78, 5) is 12.3. The predicted molar refractivity (Wildman–Crippen MR) is 132 cm³/mol. The zero-order chi connectivity index (χ0) is 25.5. The van der Waals surface area contributed by atoms with Gasteiger partial charge in [0.25, 0.3) is 0 Å². The molecule has 0 amide bonds. The van der Waals surface area contributed by atoms with Crippen LogP contribution in [0.4, 0.5) is 0 Å². The molecule has 1 atom stereocenters. The van der Waals surface area contributed by atoms with Gasteiger partial charge in [-0.05, 0) is 54.4 Å². The molecule has 0 aromatic heterocycles. The maximum Gasteiger partial charge on any atom is 0.349 e. The van der Waals surface area contributed by atoms with Crippen molar-refractivity contribution in [2.75, 3.05) is 20.3 Å². The topological polar surface area (TPSA) is 113 Å². The van der Waals surface area contributed by atoms with Gasteiger partial charge >= 0.3 is 5.97 Å². The third-order valence-electron chi connectivity index (χ3n) is 5.52. The van der Waals surface area contributed by atoms with Crippen molar-refractivity contribution in [2.45, 2.75) is 19.3 Å². The summed E-state index contributed by atoms with van der Waals surface area (Å²) >= 11 is 0. The number of benzene rings is 3. The van der Waals surface area contributed by atoms with E-state index in [2.05, 4.69) is 6.07 Å². The van der Waals surface area contributed by atoms with Gasteiger partial charge in [-0.15, -0.1) is 0 Å². The van der Waals surface area contributed by atoms with E-state index in [1.807, 2.05) is 31.2 Å². The third kappa shape index (κ3) is 5.53. The van der Waals surface area contributed by atoms with E-state index in [9.17, 15) is 10.1 Å². The van der Waals surface area contributed by atoms with Gasteiger partial charge in [0, 0.05) is 11.6 Å². The molecule has 3 aromatic carbocycles. The molecule has 0 radical (unpaired) electrons. The first-order valence-corrected chi connectivity index (χ1v) is 11.4. The number of nitrogens with two attached hydrogens (primary N) is 1. The summed E-state index contributed by atoms with van der Waals surface area (Å²) in [5, 5.41) is 9.76. The Hall–Kier alpha value is -4.64. The van der Waals surface area contributed by atoms with E-state index >= 15 is 0 Å². The van der Waals surface area contributed by atoms with Gasteiger partial charge < -0.3 is 29.4 Å². The normalized spacial score (nSPS) is 14.2. The van der Waals surface area contributed by atoms with Crippen LogP contribution < -0.4 is 29.4 Å². The lowest BCUT2D eigenvalue weighted by Gasteiger charge is -2.26. The Bertz CT molecular complexity index is 1290. The van der Waals surface area contributed by atoms with Crippen LogP contribution >= 0.6 is 0 Å². The first kappa shape index (κ1) is 24.5. The first-order chi connectivity index (χ1) is 17.5. The van der Waals surface area contributed by atoms with Crippen LogP contribution in [-0.2, 0) is 4.79 Å². The number of ether oxygens (including phenoxy) is 5. The highest BCUT2D eigenvalue weighted by Crippen LogP contribution is 2.43. The molecule has 8 nitrogen and oxygen atoms in total. The largest absolute Gasteiger partial charge is 0.497 e. The van der Waals surface area contributed by atoms with Gasteiger partial charge in [0.15, 0.2) is 6.61 Å². The third-order valence-corrected chi connectivity index (χ3v) is 5.52. The molecule has 4 rings (SSSR count). The Morgan fingerprint density at radius 3 is 2.28 bits per heavy atom. The van der Waals surface area contributed by atoms with Crippen molar-refractivity contribution in [1.82, 2.24) is 0 Å². The maximum atomic E-state index is 12.3. The molecule has 0 fully saturated rings. The molecule has 3 aromatic rings. The Balaban J connectivity index is 1.49. The van der Waals surface area contributed by atoms with Crippen LogP contribution in [0.2, 0.25) is 0 Å². The lowest BCUT2D eigenvalue weighted by Crippen LogP contribution is -2.21. The van der Waals surface area contributed by atoms with Crippen LogP contribution in [0.25, 0.3) is 0 Å². The molecule has 2 N–H and O–H groups in total. The molecule has 1 aliphatic heterocycles. The summed E-state index contributed by atoms with van der Waals surface area (Å²) < 4.78 is 27.4. The second-order valence-corrected chi connectivity index (χ2v) is 7.98. The molecule has 1 aliphatic rings. The van der Waals surface area contributed by atoms with Crippen molar-refractivity contribution in [3.8, 4) is 34.8 Å². The minimum absolute atomic E-state index is 0.00706. The van der Waals surface area contributed by atoms with E-state index in [0.29, 0.717) is 29.4 Å². The number of nitrogens with zero attached hydrogens (tertiary/aromatic N) is 1. The van der Waals surface area contributed by atoms with E-state index in [1.54, 1.807) is 49.6 Å². The second kappa shape index (κ2) is 11.2. The molecule has 0 saturated heterocycles. The molecule has 0 aliphatic carbocycles. The maximum absolute atomic E-state index is 12.3. The van der Waals surface area contributed by atoms with E-state index in [0.717, 1.165) is 23.3 Å². The number of methoxy groups -OCH3 is 1. The molecule has 36 heavy (non-hydrogen) atoms. The summed E-state index contributed by atoms with van der Waals surface area (Å²) in [6, 6.07) is 21.6. The summed E-state index contributed by atoms with van der Waals surface area (Å²) in [6.07, 6.45) is 0.910. The number of esters is 1. The minimum Gasteiger partial charge on any atom is -0.497 e. The van der Waals surface area contributed by atoms with Crippen LogP contribution in [0.5, 0.6) is 28.7 Å². The number of hydrogen-bond acceptors (Lipinski definition) is 8. The lowest BCUT2D eigenvalue weighted by molar-refractivity contribution is -0.136. The van der Waals surface area contributed by atoms with Crippen molar-refractivity contribution in [1.29, 1.82) is 5.26 Å². The van der Waals surface area contributed by atoms with Crippen molar-refractivity contribution < 1.29 is 28.5 Å². The fraction of sp³-hybridized carbons (Fsp3) is 0.214. The number of hydrogen-bond donors (Lipinski definition) is 1. The van der Waals surface area contributed by atoms with Crippen LogP contribution in [-0.4, -0.2) is 26.3 Å². The molecule has 1 unspecified atom stereocenters. The van der Waals surface area contributed by atoms with Crippen molar-refractivity contribution in [3.63, 3.8) is 0 Å². The predicted octanol–water partition coefficient (Wildman–Crippen LogP) is 4.69. The lowest BCUT2D eigenvalue weighted by atomic mass is 9.83. The van der Waals surface area contributed by atoms with Gasteiger partial charge in [0.1, 0.15) is 40.4 Å². The molecular formula is C28H26N2O6. The fourth-order valence-electron chi connectivity index (χ4n) is 3.79. The number of nitriles is 1. The zero-order valence-electron chi connectivity index (χ0n) is 20.0. The molecule has 0 saturated carbocycles. The summed E-state index contributed by atoms with van der Waals surface area (Å²) in [5.74, 6) is 1.62. The van der Waals surface area contributed by atoms with Gasteiger partial charge in [-0.3, -0.25) is 0 Å². The highest BCUT2D eigenvalue weighted by molar-refractivity contribution is 5.74. The van der Waals surface area contributed by atoms with Gasteiger partial charge in [0.2, 0.25) is 5.88 Å². The summed E-state index contributed by atoms with van der Waals surface area (Å²) in [5.41, 5.74) is 7.99. The Morgan fingerprint density at radius 1 is 0.972 bits per heavy atom. The summed E-state index contributed by atoms with van der Waals surface area (Å²) in [7, 11) is 1.57. The van der Waals surface area contributed by atoms with Crippen LogP contribution in [0.1, 0.15) is 30.4 Å². The highest BCUT2D eigenvalue weighted by Gasteiger charge is 2.31. The number of carbonyl (C=O) groups excluding carboxylic acids is 1. The average Bonchev–Trinajstić information content (AvgIpc) is 2.90. The quantitative estimate of drug-likeness (QED) is 0.342. The van der Waals surface area contributed by atoms with Gasteiger partial charge in [-0.25, -0.2) is 4.79 Å². The highest BCUT2D eigenvalue weighted by atomic mass is 16.6. The van der Waals surface area contributed by atoms with Gasteiger partial charge in [-0.2, -0.15) is 5.26 Å².